The topological polar surface area (TPSA) is 29.5 Å². The fraction of sp³-hybridized carbons (Fsp3) is 0.923. The van der Waals surface area contributed by atoms with Gasteiger partial charge in [0.05, 0.1) is 13.0 Å². The zero-order chi connectivity index (χ0) is 12.0. The van der Waals surface area contributed by atoms with Gasteiger partial charge >= 0.3 is 5.97 Å². The van der Waals surface area contributed by atoms with Crippen molar-refractivity contribution >= 4 is 5.97 Å². The Balaban J connectivity index is 2.34. The van der Waals surface area contributed by atoms with Crippen LogP contribution in [-0.4, -0.2) is 36.6 Å². The van der Waals surface area contributed by atoms with Crippen molar-refractivity contribution in [3.05, 3.63) is 0 Å². The zero-order valence-electron chi connectivity index (χ0n) is 10.9. The molecule has 0 bridgehead atoms. The van der Waals surface area contributed by atoms with Crippen LogP contribution in [0.2, 0.25) is 0 Å². The van der Waals surface area contributed by atoms with Crippen molar-refractivity contribution in [1.29, 1.82) is 0 Å². The van der Waals surface area contributed by atoms with Gasteiger partial charge in [0.25, 0.3) is 0 Å². The molecule has 16 heavy (non-hydrogen) atoms. The van der Waals surface area contributed by atoms with E-state index in [1.54, 1.807) is 0 Å². The molecule has 1 aliphatic rings. The normalized spacial score (nSPS) is 24.1. The Morgan fingerprint density at radius 1 is 1.50 bits per heavy atom. The maximum Gasteiger partial charge on any atom is 0.307 e. The molecule has 0 radical (unpaired) electrons. The van der Waals surface area contributed by atoms with Gasteiger partial charge in [-0.15, -0.1) is 0 Å². The largest absolute Gasteiger partial charge is 0.466 e. The van der Waals surface area contributed by atoms with E-state index in [0.717, 1.165) is 19.0 Å². The van der Waals surface area contributed by atoms with Crippen molar-refractivity contribution in [3.63, 3.8) is 0 Å². The average Bonchev–Trinajstić information content (AvgIpc) is 2.29. The quantitative estimate of drug-likeness (QED) is 0.676. The smallest absolute Gasteiger partial charge is 0.307 e. The number of rotatable bonds is 5. The molecule has 0 aliphatic carbocycles. The summed E-state index contributed by atoms with van der Waals surface area (Å²) in [7, 11) is 0. The van der Waals surface area contributed by atoms with Crippen LogP contribution in [0.4, 0.5) is 0 Å². The van der Waals surface area contributed by atoms with Crippen molar-refractivity contribution in [2.24, 2.45) is 5.92 Å². The minimum atomic E-state index is -0.0615. The van der Waals surface area contributed by atoms with Gasteiger partial charge in [-0.05, 0) is 39.2 Å². The summed E-state index contributed by atoms with van der Waals surface area (Å²) in [4.78, 5) is 13.8. The van der Waals surface area contributed by atoms with E-state index in [0.29, 0.717) is 19.1 Å². The van der Waals surface area contributed by atoms with Gasteiger partial charge in [0, 0.05) is 12.6 Å². The van der Waals surface area contributed by atoms with Crippen molar-refractivity contribution in [3.8, 4) is 0 Å². The van der Waals surface area contributed by atoms with Gasteiger partial charge in [0.2, 0.25) is 0 Å². The Kier molecular flexibility index (Phi) is 5.81. The van der Waals surface area contributed by atoms with Gasteiger partial charge in [-0.1, -0.05) is 13.3 Å². The number of hydrogen-bond donors (Lipinski definition) is 0. The van der Waals surface area contributed by atoms with Gasteiger partial charge in [-0.25, -0.2) is 0 Å². The van der Waals surface area contributed by atoms with Gasteiger partial charge in [-0.3, -0.25) is 9.69 Å². The van der Waals surface area contributed by atoms with Crippen LogP contribution in [0, 0.1) is 5.92 Å². The maximum atomic E-state index is 11.4. The second-order valence-corrected chi connectivity index (χ2v) is 4.77. The number of likely N-dealkylation sites (tertiary alicyclic amines) is 1. The molecule has 3 heteroatoms. The number of ether oxygens (including phenoxy) is 1. The Morgan fingerprint density at radius 2 is 2.25 bits per heavy atom. The molecule has 0 N–H and O–H groups in total. The highest BCUT2D eigenvalue weighted by atomic mass is 16.5. The first kappa shape index (κ1) is 13.5. The summed E-state index contributed by atoms with van der Waals surface area (Å²) in [5, 5.41) is 0. The van der Waals surface area contributed by atoms with Crippen LogP contribution < -0.4 is 0 Å². The molecule has 1 saturated heterocycles. The fourth-order valence-corrected chi connectivity index (χ4v) is 2.42. The van der Waals surface area contributed by atoms with Crippen molar-refractivity contribution in [2.45, 2.75) is 52.5 Å². The molecule has 94 valence electrons. The van der Waals surface area contributed by atoms with Gasteiger partial charge in [0.1, 0.15) is 0 Å². The Bertz CT molecular complexity index is 218. The Labute approximate surface area is 99.1 Å². The molecule has 1 heterocycles. The van der Waals surface area contributed by atoms with E-state index in [2.05, 4.69) is 18.7 Å². The number of carbonyl (C=O) groups is 1. The van der Waals surface area contributed by atoms with Crippen LogP contribution in [0.3, 0.4) is 0 Å². The third kappa shape index (κ3) is 4.12. The van der Waals surface area contributed by atoms with Crippen LogP contribution in [0.15, 0.2) is 0 Å². The third-order valence-corrected chi connectivity index (χ3v) is 3.52. The Hall–Kier alpha value is -0.570. The summed E-state index contributed by atoms with van der Waals surface area (Å²) < 4.78 is 4.99. The van der Waals surface area contributed by atoms with Crippen LogP contribution in [-0.2, 0) is 9.53 Å². The first-order valence-corrected chi connectivity index (χ1v) is 6.57. The summed E-state index contributed by atoms with van der Waals surface area (Å²) >= 11 is 0. The highest BCUT2D eigenvalue weighted by molar-refractivity contribution is 5.70. The van der Waals surface area contributed by atoms with Gasteiger partial charge in [0.15, 0.2) is 0 Å². The second-order valence-electron chi connectivity index (χ2n) is 4.77. The maximum absolute atomic E-state index is 11.4. The molecular formula is C13H25NO2. The average molecular weight is 227 g/mol. The molecule has 0 aromatic rings. The molecule has 2 atom stereocenters. The van der Waals surface area contributed by atoms with E-state index < -0.39 is 0 Å². The van der Waals surface area contributed by atoms with E-state index in [-0.39, 0.29) is 5.97 Å². The molecule has 0 aromatic carbocycles. The summed E-state index contributed by atoms with van der Waals surface area (Å²) in [6, 6.07) is 0.327. The number of hydrogen-bond acceptors (Lipinski definition) is 3. The predicted molar refractivity (Wildman–Crippen MR) is 65.3 cm³/mol. The zero-order valence-corrected chi connectivity index (χ0v) is 10.9. The lowest BCUT2D eigenvalue weighted by Crippen LogP contribution is -2.42. The molecule has 3 nitrogen and oxygen atoms in total. The lowest BCUT2D eigenvalue weighted by Gasteiger charge is -2.36. The lowest BCUT2D eigenvalue weighted by atomic mass is 9.94. The number of esters is 1. The predicted octanol–water partition coefficient (Wildman–Crippen LogP) is 2.45. The van der Waals surface area contributed by atoms with E-state index in [4.69, 9.17) is 4.74 Å². The van der Waals surface area contributed by atoms with E-state index in [1.807, 2.05) is 6.92 Å². The first-order valence-electron chi connectivity index (χ1n) is 6.57. The summed E-state index contributed by atoms with van der Waals surface area (Å²) in [5.74, 6) is 0.756. The summed E-state index contributed by atoms with van der Waals surface area (Å²) in [6.07, 6.45) is 4.40. The molecule has 0 saturated carbocycles. The van der Waals surface area contributed by atoms with Crippen molar-refractivity contribution < 1.29 is 9.53 Å². The molecular weight excluding hydrogens is 202 g/mol. The molecule has 1 fully saturated rings. The minimum Gasteiger partial charge on any atom is -0.466 e. The van der Waals surface area contributed by atoms with E-state index >= 15 is 0 Å². The van der Waals surface area contributed by atoms with Crippen LogP contribution >= 0.6 is 0 Å². The highest BCUT2D eigenvalue weighted by Crippen LogP contribution is 2.21. The third-order valence-electron chi connectivity index (χ3n) is 3.52. The molecule has 0 amide bonds. The number of piperidine rings is 1. The van der Waals surface area contributed by atoms with Crippen LogP contribution in [0.5, 0.6) is 0 Å². The van der Waals surface area contributed by atoms with Crippen LogP contribution in [0.1, 0.15) is 46.5 Å². The standard InChI is InChI=1S/C13H25NO2/c1-4-12-7-6-8-14(10-12)11(3)9-13(15)16-5-2/h11-12H,4-10H2,1-3H3. The molecule has 1 aliphatic heterocycles. The minimum absolute atomic E-state index is 0.0615. The molecule has 0 spiro atoms. The summed E-state index contributed by atoms with van der Waals surface area (Å²) in [6.45, 7) is 9.02. The number of carbonyl (C=O) groups excluding carboxylic acids is 1. The lowest BCUT2D eigenvalue weighted by molar-refractivity contribution is -0.144. The second kappa shape index (κ2) is 6.89. The molecule has 1 rings (SSSR count). The Morgan fingerprint density at radius 3 is 2.88 bits per heavy atom. The SMILES string of the molecule is CCOC(=O)CC(C)N1CCCC(CC)C1. The molecule has 2 unspecified atom stereocenters. The van der Waals surface area contributed by atoms with Gasteiger partial charge < -0.3 is 4.74 Å². The molecule has 0 aromatic heterocycles. The van der Waals surface area contributed by atoms with Crippen LogP contribution in [0.25, 0.3) is 0 Å². The van der Waals surface area contributed by atoms with Gasteiger partial charge in [-0.2, -0.15) is 0 Å². The fourth-order valence-electron chi connectivity index (χ4n) is 2.42. The summed E-state index contributed by atoms with van der Waals surface area (Å²) in [5.41, 5.74) is 0. The monoisotopic (exact) mass is 227 g/mol. The number of nitrogens with zero attached hydrogens (tertiary/aromatic N) is 1. The van der Waals surface area contributed by atoms with Crippen molar-refractivity contribution in [1.82, 2.24) is 4.90 Å². The van der Waals surface area contributed by atoms with Crippen molar-refractivity contribution in [2.75, 3.05) is 19.7 Å². The van der Waals surface area contributed by atoms with E-state index in [1.165, 1.54) is 19.3 Å². The first-order chi connectivity index (χ1) is 7.67. The highest BCUT2D eigenvalue weighted by Gasteiger charge is 2.24. The van der Waals surface area contributed by atoms with E-state index in [9.17, 15) is 4.79 Å².